The van der Waals surface area contributed by atoms with Crippen LogP contribution in [0, 0.1) is 11.3 Å². The Morgan fingerprint density at radius 1 is 0.871 bits per heavy atom. The highest BCUT2D eigenvalue weighted by Crippen LogP contribution is 2.22. The number of ether oxygens (including phenoxy) is 2. The number of nitriles is 1. The second-order valence-corrected chi connectivity index (χ2v) is 6.91. The number of carbonyl (C=O) groups is 2. The summed E-state index contributed by atoms with van der Waals surface area (Å²) in [5.41, 5.74) is 1.91. The van der Waals surface area contributed by atoms with E-state index < -0.39 is 11.9 Å². The number of nitrogens with zero attached hydrogens (tertiary/aromatic N) is 2. The van der Waals surface area contributed by atoms with Crippen LogP contribution < -0.4 is 9.47 Å². The summed E-state index contributed by atoms with van der Waals surface area (Å²) in [6.07, 6.45) is 4.37. The number of aryl methyl sites for hydroxylation is 1. The second kappa shape index (κ2) is 10.7. The summed E-state index contributed by atoms with van der Waals surface area (Å²) in [5, 5.41) is 9.30. The van der Waals surface area contributed by atoms with Gasteiger partial charge in [-0.3, -0.25) is 0 Å². The number of rotatable bonds is 8. The van der Waals surface area contributed by atoms with Gasteiger partial charge in [-0.05, 0) is 48.7 Å². The van der Waals surface area contributed by atoms with Crippen LogP contribution in [0.25, 0.3) is 0 Å². The summed E-state index contributed by atoms with van der Waals surface area (Å²) in [7, 11) is 0. The molecule has 0 radical (unpaired) electrons. The minimum Gasteiger partial charge on any atom is -0.404 e. The summed E-state index contributed by atoms with van der Waals surface area (Å²) in [5.74, 6) is -1.52. The maximum Gasteiger partial charge on any atom is 0.344 e. The Hall–Kier alpha value is -3.98. The van der Waals surface area contributed by atoms with Crippen molar-refractivity contribution < 1.29 is 19.1 Å². The summed E-state index contributed by atoms with van der Waals surface area (Å²) in [6, 6.07) is 20.3. The van der Waals surface area contributed by atoms with E-state index in [0.717, 1.165) is 31.2 Å². The Balaban J connectivity index is 1.71. The topological polar surface area (TPSA) is 89.3 Å². The molecule has 0 bridgehead atoms. The zero-order valence-electron chi connectivity index (χ0n) is 17.2. The molecule has 0 amide bonds. The summed E-state index contributed by atoms with van der Waals surface area (Å²) in [4.78, 5) is 28.8. The molecule has 6 nitrogen and oxygen atoms in total. The molecule has 0 aliphatic carbocycles. The molecule has 0 atom stereocenters. The number of aromatic nitrogens is 1. The van der Waals surface area contributed by atoms with Gasteiger partial charge in [0.25, 0.3) is 0 Å². The summed E-state index contributed by atoms with van der Waals surface area (Å²) in [6.45, 7) is 2.15. The largest absolute Gasteiger partial charge is 0.404 e. The zero-order chi connectivity index (χ0) is 22.1. The van der Waals surface area contributed by atoms with Gasteiger partial charge < -0.3 is 9.47 Å². The first-order valence-electron chi connectivity index (χ1n) is 10.1. The number of hydrogen-bond acceptors (Lipinski definition) is 6. The van der Waals surface area contributed by atoms with Crippen molar-refractivity contribution in [3.05, 3.63) is 89.0 Å². The van der Waals surface area contributed by atoms with Crippen LogP contribution in [0.4, 0.5) is 0 Å². The smallest absolute Gasteiger partial charge is 0.344 e. The van der Waals surface area contributed by atoms with E-state index in [2.05, 4.69) is 11.9 Å². The fraction of sp³-hybridized carbons (Fsp3) is 0.200. The first-order chi connectivity index (χ1) is 15.1. The van der Waals surface area contributed by atoms with Gasteiger partial charge in [-0.15, -0.1) is 0 Å². The third kappa shape index (κ3) is 6.00. The molecule has 0 N–H and O–H groups in total. The van der Waals surface area contributed by atoms with E-state index in [4.69, 9.17) is 9.47 Å². The predicted octanol–water partition coefficient (Wildman–Crippen LogP) is 5.12. The molecule has 0 saturated carbocycles. The zero-order valence-corrected chi connectivity index (χ0v) is 17.2. The van der Waals surface area contributed by atoms with Crippen molar-refractivity contribution in [3.63, 3.8) is 0 Å². The lowest BCUT2D eigenvalue weighted by Gasteiger charge is -2.08. The lowest BCUT2D eigenvalue weighted by molar-refractivity contribution is 0.0717. The first kappa shape index (κ1) is 21.7. The fourth-order valence-electron chi connectivity index (χ4n) is 2.90. The van der Waals surface area contributed by atoms with Gasteiger partial charge in [0.2, 0.25) is 11.8 Å². The summed E-state index contributed by atoms with van der Waals surface area (Å²) >= 11 is 0. The molecule has 0 aliphatic rings. The van der Waals surface area contributed by atoms with Gasteiger partial charge in [0.15, 0.2) is 0 Å². The van der Waals surface area contributed by atoms with Crippen LogP contribution in [0.15, 0.2) is 66.7 Å². The van der Waals surface area contributed by atoms with Crippen LogP contribution >= 0.6 is 0 Å². The Bertz CT molecular complexity index is 1090. The SMILES string of the molecule is CCCCCc1ccc(C(=O)Oc2nc(OC(=O)c3ccccc3)ccc2C#N)cc1. The molecule has 0 unspecified atom stereocenters. The average Bonchev–Trinajstić information content (AvgIpc) is 2.80. The Morgan fingerprint density at radius 2 is 1.55 bits per heavy atom. The van der Waals surface area contributed by atoms with Crippen LogP contribution in [0.3, 0.4) is 0 Å². The van der Waals surface area contributed by atoms with Crippen LogP contribution in [0.2, 0.25) is 0 Å². The lowest BCUT2D eigenvalue weighted by Crippen LogP contribution is -2.13. The standard InChI is InChI=1S/C25H22N2O4/c1-2-3-5-8-18-11-13-20(14-12-18)25(29)31-23-21(17-26)15-16-22(27-23)30-24(28)19-9-6-4-7-10-19/h4,6-7,9-16H,2-3,5,8H2,1H3. The molecule has 3 aromatic rings. The lowest BCUT2D eigenvalue weighted by atomic mass is 10.1. The first-order valence-corrected chi connectivity index (χ1v) is 10.1. The number of pyridine rings is 1. The number of benzene rings is 2. The molecule has 0 spiro atoms. The molecule has 0 saturated heterocycles. The van der Waals surface area contributed by atoms with Crippen molar-refractivity contribution in [2.45, 2.75) is 32.6 Å². The van der Waals surface area contributed by atoms with Crippen LogP contribution in [-0.4, -0.2) is 16.9 Å². The van der Waals surface area contributed by atoms with Crippen LogP contribution in [-0.2, 0) is 6.42 Å². The fourth-order valence-corrected chi connectivity index (χ4v) is 2.90. The maximum absolute atomic E-state index is 12.5. The van der Waals surface area contributed by atoms with Crippen LogP contribution in [0.1, 0.15) is 58.0 Å². The van der Waals surface area contributed by atoms with E-state index in [0.29, 0.717) is 11.1 Å². The average molecular weight is 414 g/mol. The van der Waals surface area contributed by atoms with Crippen molar-refractivity contribution in [1.29, 1.82) is 5.26 Å². The van der Waals surface area contributed by atoms with Crippen molar-refractivity contribution in [2.75, 3.05) is 0 Å². The van der Waals surface area contributed by atoms with Gasteiger partial charge in [-0.25, -0.2) is 9.59 Å². The minimum absolute atomic E-state index is 0.0593. The molecule has 1 heterocycles. The molecule has 6 heteroatoms. The summed E-state index contributed by atoms with van der Waals surface area (Å²) < 4.78 is 10.6. The highest BCUT2D eigenvalue weighted by Gasteiger charge is 2.16. The van der Waals surface area contributed by atoms with Gasteiger partial charge in [0, 0.05) is 6.07 Å². The minimum atomic E-state index is -0.643. The van der Waals surface area contributed by atoms with E-state index in [1.165, 1.54) is 12.1 Å². The van der Waals surface area contributed by atoms with Crippen molar-refractivity contribution in [2.24, 2.45) is 0 Å². The molecular weight excluding hydrogens is 392 g/mol. The van der Waals surface area contributed by atoms with Gasteiger partial charge in [-0.1, -0.05) is 50.1 Å². The van der Waals surface area contributed by atoms with E-state index in [-0.39, 0.29) is 17.3 Å². The number of unbranched alkanes of at least 4 members (excludes halogenated alkanes) is 2. The third-order valence-corrected chi connectivity index (χ3v) is 4.61. The van der Waals surface area contributed by atoms with Crippen LogP contribution in [0.5, 0.6) is 11.8 Å². The molecule has 0 aliphatic heterocycles. The van der Waals surface area contributed by atoms with Crippen molar-refractivity contribution in [3.8, 4) is 17.8 Å². The van der Waals surface area contributed by atoms with E-state index in [9.17, 15) is 14.9 Å². The molecular formula is C25H22N2O4. The Kier molecular flexibility index (Phi) is 7.50. The molecule has 2 aromatic carbocycles. The maximum atomic E-state index is 12.5. The number of hydrogen-bond donors (Lipinski definition) is 0. The molecule has 156 valence electrons. The molecule has 0 fully saturated rings. The van der Waals surface area contributed by atoms with Gasteiger partial charge in [0.05, 0.1) is 11.1 Å². The third-order valence-electron chi connectivity index (χ3n) is 4.61. The Morgan fingerprint density at radius 3 is 2.23 bits per heavy atom. The van der Waals surface area contributed by atoms with E-state index in [1.54, 1.807) is 42.5 Å². The van der Waals surface area contributed by atoms with E-state index >= 15 is 0 Å². The van der Waals surface area contributed by atoms with Gasteiger partial charge in [-0.2, -0.15) is 10.2 Å². The highest BCUT2D eigenvalue weighted by molar-refractivity contribution is 5.91. The van der Waals surface area contributed by atoms with Crippen molar-refractivity contribution >= 4 is 11.9 Å². The van der Waals surface area contributed by atoms with Crippen molar-refractivity contribution in [1.82, 2.24) is 4.98 Å². The highest BCUT2D eigenvalue weighted by atomic mass is 16.6. The van der Waals surface area contributed by atoms with Gasteiger partial charge in [0.1, 0.15) is 11.6 Å². The van der Waals surface area contributed by atoms with E-state index in [1.807, 2.05) is 18.2 Å². The molecule has 3 rings (SSSR count). The van der Waals surface area contributed by atoms with Gasteiger partial charge >= 0.3 is 11.9 Å². The normalized spacial score (nSPS) is 10.2. The Labute approximate surface area is 181 Å². The second-order valence-electron chi connectivity index (χ2n) is 6.91. The molecule has 31 heavy (non-hydrogen) atoms. The predicted molar refractivity (Wildman–Crippen MR) is 115 cm³/mol. The molecule has 1 aromatic heterocycles. The number of carbonyl (C=O) groups excluding carboxylic acids is 2. The quantitative estimate of drug-likeness (QED) is 0.375. The monoisotopic (exact) mass is 414 g/mol. The number of esters is 2.